The van der Waals surface area contributed by atoms with Gasteiger partial charge in [0.1, 0.15) is 6.10 Å². The highest BCUT2D eigenvalue weighted by molar-refractivity contribution is 5.89. The minimum atomic E-state index is -4.99. The highest BCUT2D eigenvalue weighted by atomic mass is 19.4. The molecule has 1 aromatic heterocycles. The Bertz CT molecular complexity index is 1720. The van der Waals surface area contributed by atoms with E-state index in [0.717, 1.165) is 5.56 Å². The highest BCUT2D eigenvalue weighted by Crippen LogP contribution is 2.46. The zero-order valence-electron chi connectivity index (χ0n) is 25.0. The first-order chi connectivity index (χ1) is 21.4. The van der Waals surface area contributed by atoms with Gasteiger partial charge in [0.25, 0.3) is 0 Å². The largest absolute Gasteiger partial charge is 0.493 e. The van der Waals surface area contributed by atoms with Crippen LogP contribution in [0.3, 0.4) is 0 Å². The van der Waals surface area contributed by atoms with E-state index in [2.05, 4.69) is 4.85 Å². The lowest BCUT2D eigenvalue weighted by Crippen LogP contribution is -2.53. The summed E-state index contributed by atoms with van der Waals surface area (Å²) in [5.41, 5.74) is -0.908. The van der Waals surface area contributed by atoms with Gasteiger partial charge in [0.05, 0.1) is 20.1 Å². The van der Waals surface area contributed by atoms with Crippen molar-refractivity contribution in [2.75, 3.05) is 26.7 Å². The third-order valence-corrected chi connectivity index (χ3v) is 8.37. The smallest absolute Gasteiger partial charge is 0.422 e. The quantitative estimate of drug-likeness (QED) is 0.197. The number of halogens is 3. The molecule has 1 saturated heterocycles. The molecule has 236 valence electrons. The van der Waals surface area contributed by atoms with Crippen LogP contribution in [0.15, 0.2) is 66.7 Å². The Morgan fingerprint density at radius 3 is 2.36 bits per heavy atom. The van der Waals surface area contributed by atoms with Crippen molar-refractivity contribution in [1.29, 1.82) is 0 Å². The predicted molar refractivity (Wildman–Crippen MR) is 163 cm³/mol. The van der Waals surface area contributed by atoms with Crippen LogP contribution in [-0.2, 0) is 23.4 Å². The van der Waals surface area contributed by atoms with Crippen LogP contribution in [-0.4, -0.2) is 64.7 Å². The summed E-state index contributed by atoms with van der Waals surface area (Å²) in [6.45, 7) is 9.16. The second kappa shape index (κ2) is 12.8. The van der Waals surface area contributed by atoms with Crippen LogP contribution in [0.5, 0.6) is 11.5 Å². The van der Waals surface area contributed by atoms with Gasteiger partial charge in [-0.05, 0) is 49.1 Å². The van der Waals surface area contributed by atoms with Gasteiger partial charge in [-0.3, -0.25) is 9.69 Å². The number of carboxylic acids is 1. The number of aromatic nitrogens is 1. The Labute approximate surface area is 259 Å². The van der Waals surface area contributed by atoms with Crippen LogP contribution in [0, 0.1) is 13.5 Å². The van der Waals surface area contributed by atoms with Crippen LogP contribution in [0.1, 0.15) is 35.2 Å². The molecule has 2 N–H and O–H groups in total. The van der Waals surface area contributed by atoms with E-state index in [0.29, 0.717) is 41.1 Å². The summed E-state index contributed by atoms with van der Waals surface area (Å²) in [4.78, 5) is 16.1. The number of aliphatic carboxylic acids is 1. The number of piperidine rings is 1. The van der Waals surface area contributed by atoms with Crippen molar-refractivity contribution in [2.24, 2.45) is 0 Å². The van der Waals surface area contributed by atoms with Crippen molar-refractivity contribution in [3.8, 4) is 11.5 Å². The third kappa shape index (κ3) is 6.62. The van der Waals surface area contributed by atoms with E-state index < -0.39 is 24.3 Å². The van der Waals surface area contributed by atoms with Crippen molar-refractivity contribution >= 4 is 22.6 Å². The molecule has 1 fully saturated rings. The molecule has 2 heterocycles. The van der Waals surface area contributed by atoms with Gasteiger partial charge in [-0.25, -0.2) is 4.85 Å². The molecule has 0 bridgehead atoms. The van der Waals surface area contributed by atoms with Gasteiger partial charge in [0, 0.05) is 48.3 Å². The summed E-state index contributed by atoms with van der Waals surface area (Å²) < 4.78 is 58.2. The molecule has 45 heavy (non-hydrogen) atoms. The molecule has 1 aliphatic heterocycles. The number of carbonyl (C=O) groups is 1. The minimum Gasteiger partial charge on any atom is -0.493 e. The van der Waals surface area contributed by atoms with Gasteiger partial charge >= 0.3 is 12.1 Å². The maximum Gasteiger partial charge on any atom is 0.422 e. The maximum atomic E-state index is 15.0. The number of aliphatic hydroxyl groups is 1. The molecule has 1 atom stereocenters. The maximum absolute atomic E-state index is 15.0. The second-order valence-corrected chi connectivity index (χ2v) is 11.4. The summed E-state index contributed by atoms with van der Waals surface area (Å²) in [7, 11) is 1.45. The standard InChI is InChI=1S/C34H34F3N3O5/c1-22-32(27-11-10-25(38-2)19-28(27)40(22)20-23-7-5-4-6-8-23)33(43,34(35,36)37)21-39-15-13-26(14-16-39)45-29-12-9-24(18-31(41)42)17-30(29)44-3/h4-12,17,19,26,43H,13-16,18,20-21H2,1,3H3,(H,41,42). The highest BCUT2D eigenvalue weighted by Gasteiger charge is 2.57. The van der Waals surface area contributed by atoms with Crippen molar-refractivity contribution in [3.05, 3.63) is 101 Å². The first-order valence-corrected chi connectivity index (χ1v) is 14.5. The van der Waals surface area contributed by atoms with Crippen LogP contribution >= 0.6 is 0 Å². The van der Waals surface area contributed by atoms with Crippen molar-refractivity contribution in [2.45, 2.75) is 50.6 Å². The van der Waals surface area contributed by atoms with Gasteiger partial charge < -0.3 is 24.3 Å². The molecule has 0 aliphatic carbocycles. The molecule has 0 radical (unpaired) electrons. The topological polar surface area (TPSA) is 88.5 Å². The number of benzene rings is 3. The van der Waals surface area contributed by atoms with Gasteiger partial charge in [0.2, 0.25) is 5.60 Å². The van der Waals surface area contributed by atoms with E-state index in [1.165, 1.54) is 19.2 Å². The number of methoxy groups -OCH3 is 1. The van der Waals surface area contributed by atoms with Crippen molar-refractivity contribution < 1.29 is 37.7 Å². The van der Waals surface area contributed by atoms with E-state index in [-0.39, 0.29) is 48.8 Å². The van der Waals surface area contributed by atoms with Crippen LogP contribution < -0.4 is 9.47 Å². The molecule has 3 aromatic carbocycles. The molecule has 1 aliphatic rings. The molecule has 0 amide bonds. The summed E-state index contributed by atoms with van der Waals surface area (Å²) in [5.74, 6) is -0.162. The van der Waals surface area contributed by atoms with Gasteiger partial charge in [-0.15, -0.1) is 0 Å². The monoisotopic (exact) mass is 621 g/mol. The lowest BCUT2D eigenvalue weighted by Gasteiger charge is -2.39. The first-order valence-electron chi connectivity index (χ1n) is 14.5. The van der Waals surface area contributed by atoms with Crippen LogP contribution in [0.25, 0.3) is 15.7 Å². The van der Waals surface area contributed by atoms with Crippen molar-refractivity contribution in [3.63, 3.8) is 0 Å². The van der Waals surface area contributed by atoms with Crippen LogP contribution in [0.2, 0.25) is 0 Å². The fourth-order valence-electron chi connectivity index (χ4n) is 6.12. The molecule has 4 aromatic rings. The van der Waals surface area contributed by atoms with Gasteiger partial charge in [-0.2, -0.15) is 13.2 Å². The molecule has 0 saturated carbocycles. The minimum absolute atomic E-state index is 0.164. The molecule has 5 rings (SSSR count). The average molecular weight is 622 g/mol. The van der Waals surface area contributed by atoms with E-state index in [1.54, 1.807) is 40.7 Å². The number of nitrogens with zero attached hydrogens (tertiary/aromatic N) is 3. The van der Waals surface area contributed by atoms with Gasteiger partial charge in [0.15, 0.2) is 17.2 Å². The number of carboxylic acid groups (broad SMARTS) is 1. The Balaban J connectivity index is 1.40. The Morgan fingerprint density at radius 1 is 1.02 bits per heavy atom. The van der Waals surface area contributed by atoms with E-state index in [9.17, 15) is 23.1 Å². The molecular weight excluding hydrogens is 587 g/mol. The average Bonchev–Trinajstić information content (AvgIpc) is 3.28. The fraction of sp³-hybridized carbons (Fsp3) is 0.353. The molecular formula is C34H34F3N3O5. The molecule has 8 nitrogen and oxygen atoms in total. The van der Waals surface area contributed by atoms with E-state index in [4.69, 9.17) is 21.2 Å². The zero-order chi connectivity index (χ0) is 32.4. The number of β-amino-alcohol motifs (C(OH)–C–C–N with tert-alkyl or cyclic N) is 1. The van der Waals surface area contributed by atoms with Crippen LogP contribution in [0.4, 0.5) is 18.9 Å². The number of fused-ring (bicyclic) bond motifs is 1. The number of hydrogen-bond donors (Lipinski definition) is 2. The molecule has 0 spiro atoms. The summed E-state index contributed by atoms with van der Waals surface area (Å²) in [5, 5.41) is 21.0. The normalized spacial score (nSPS) is 15.8. The second-order valence-electron chi connectivity index (χ2n) is 11.4. The van der Waals surface area contributed by atoms with E-state index in [1.807, 2.05) is 30.3 Å². The number of hydrogen-bond acceptors (Lipinski definition) is 5. The SMILES string of the molecule is [C-]#[N+]c1ccc2c(C(O)(CN3CCC(Oc4ccc(CC(=O)O)cc4OC)CC3)C(F)(F)F)c(C)n(Cc3ccccc3)c2c1. The van der Waals surface area contributed by atoms with Crippen molar-refractivity contribution in [1.82, 2.24) is 9.47 Å². The Hall–Kier alpha value is -4.53. The summed E-state index contributed by atoms with van der Waals surface area (Å²) in [6.07, 6.45) is -4.63. The predicted octanol–water partition coefficient (Wildman–Crippen LogP) is 6.48. The van der Waals surface area contributed by atoms with E-state index >= 15 is 0 Å². The zero-order valence-corrected chi connectivity index (χ0v) is 25.0. The summed E-state index contributed by atoms with van der Waals surface area (Å²) >= 11 is 0. The summed E-state index contributed by atoms with van der Waals surface area (Å²) in [6, 6.07) is 18.8. The lowest BCUT2D eigenvalue weighted by atomic mass is 9.89. The van der Waals surface area contributed by atoms with Gasteiger partial charge in [-0.1, -0.05) is 48.5 Å². The molecule has 11 heteroatoms. The number of rotatable bonds is 10. The first kappa shape index (κ1) is 31.9. The fourth-order valence-corrected chi connectivity index (χ4v) is 6.12. The number of ether oxygens (including phenoxy) is 2. The Morgan fingerprint density at radius 2 is 1.73 bits per heavy atom. The third-order valence-electron chi connectivity index (χ3n) is 8.37. The Kier molecular flexibility index (Phi) is 9.09. The number of alkyl halides is 3. The number of likely N-dealkylation sites (tertiary alicyclic amines) is 1. The lowest BCUT2D eigenvalue weighted by molar-refractivity contribution is -0.272. The molecule has 1 unspecified atom stereocenters.